The van der Waals surface area contributed by atoms with Crippen LogP contribution in [0.5, 0.6) is 11.5 Å². The van der Waals surface area contributed by atoms with Crippen LogP contribution in [0.2, 0.25) is 0 Å². The first kappa shape index (κ1) is 23.8. The lowest BCUT2D eigenvalue weighted by Crippen LogP contribution is -2.13. The molecule has 0 aromatic heterocycles. The molecule has 0 radical (unpaired) electrons. The second-order valence-corrected chi connectivity index (χ2v) is 8.70. The molecule has 4 aromatic carbocycles. The van der Waals surface area contributed by atoms with Gasteiger partial charge in [0, 0.05) is 22.5 Å². The fourth-order valence-corrected chi connectivity index (χ4v) is 3.61. The first-order chi connectivity index (χ1) is 16.8. The molecule has 5 nitrogen and oxygen atoms in total. The number of amides is 2. The van der Waals surface area contributed by atoms with Gasteiger partial charge in [-0.3, -0.25) is 9.59 Å². The van der Waals surface area contributed by atoms with E-state index in [-0.39, 0.29) is 11.8 Å². The molecule has 2 N–H and O–H groups in total. The lowest BCUT2D eigenvalue weighted by molar-refractivity contribution is 0.101. The van der Waals surface area contributed by atoms with E-state index in [4.69, 9.17) is 4.74 Å². The van der Waals surface area contributed by atoms with Crippen molar-refractivity contribution in [2.45, 2.75) is 27.7 Å². The van der Waals surface area contributed by atoms with Gasteiger partial charge in [0.15, 0.2) is 0 Å². The van der Waals surface area contributed by atoms with Gasteiger partial charge in [0.1, 0.15) is 11.5 Å². The van der Waals surface area contributed by atoms with E-state index in [1.807, 2.05) is 64.1 Å². The summed E-state index contributed by atoms with van der Waals surface area (Å²) in [6.45, 7) is 7.91. The molecule has 0 unspecified atom stereocenters. The second-order valence-electron chi connectivity index (χ2n) is 8.70. The summed E-state index contributed by atoms with van der Waals surface area (Å²) in [6, 6.07) is 25.8. The largest absolute Gasteiger partial charge is 0.457 e. The summed E-state index contributed by atoms with van der Waals surface area (Å²) in [5, 5.41) is 5.92. The summed E-state index contributed by atoms with van der Waals surface area (Å²) in [5.41, 5.74) is 6.87. The van der Waals surface area contributed by atoms with E-state index in [1.54, 1.807) is 48.5 Å². The second kappa shape index (κ2) is 10.3. The Kier molecular flexibility index (Phi) is 6.97. The Morgan fingerprint density at radius 2 is 0.914 bits per heavy atom. The van der Waals surface area contributed by atoms with Gasteiger partial charge in [0.25, 0.3) is 11.8 Å². The highest BCUT2D eigenvalue weighted by atomic mass is 16.5. The molecular weight excluding hydrogens is 436 g/mol. The van der Waals surface area contributed by atoms with E-state index in [1.165, 1.54) is 0 Å². The molecule has 4 aromatic rings. The average molecular weight is 465 g/mol. The summed E-state index contributed by atoms with van der Waals surface area (Å²) >= 11 is 0. The minimum absolute atomic E-state index is 0.176. The van der Waals surface area contributed by atoms with Gasteiger partial charge in [0.2, 0.25) is 0 Å². The smallest absolute Gasteiger partial charge is 0.255 e. The Morgan fingerprint density at radius 3 is 1.29 bits per heavy atom. The van der Waals surface area contributed by atoms with Crippen molar-refractivity contribution in [3.05, 3.63) is 118 Å². The van der Waals surface area contributed by atoms with Crippen LogP contribution in [0.25, 0.3) is 0 Å². The summed E-state index contributed by atoms with van der Waals surface area (Å²) in [4.78, 5) is 25.3. The third-order valence-corrected chi connectivity index (χ3v) is 5.75. The van der Waals surface area contributed by atoms with Gasteiger partial charge in [-0.05, 0) is 111 Å². The van der Waals surface area contributed by atoms with Crippen molar-refractivity contribution >= 4 is 23.2 Å². The molecule has 2 amide bonds. The van der Waals surface area contributed by atoms with Gasteiger partial charge >= 0.3 is 0 Å². The monoisotopic (exact) mass is 464 g/mol. The summed E-state index contributed by atoms with van der Waals surface area (Å²) in [5.74, 6) is 0.843. The number of aryl methyl sites for hydroxylation is 4. The molecular formula is C30H28N2O3. The van der Waals surface area contributed by atoms with Gasteiger partial charge in [0.05, 0.1) is 0 Å². The highest BCUT2D eigenvalue weighted by Gasteiger charge is 2.10. The van der Waals surface area contributed by atoms with Crippen LogP contribution in [0.1, 0.15) is 43.0 Å². The minimum atomic E-state index is -0.176. The fraction of sp³-hybridized carbons (Fsp3) is 0.133. The zero-order valence-electron chi connectivity index (χ0n) is 20.3. The number of benzene rings is 4. The molecule has 0 aliphatic heterocycles. The van der Waals surface area contributed by atoms with E-state index in [0.29, 0.717) is 22.6 Å². The van der Waals surface area contributed by atoms with E-state index in [9.17, 15) is 9.59 Å². The summed E-state index contributed by atoms with van der Waals surface area (Å²) in [7, 11) is 0. The maximum absolute atomic E-state index is 12.6. The van der Waals surface area contributed by atoms with Crippen molar-refractivity contribution in [2.24, 2.45) is 0 Å². The quantitative estimate of drug-likeness (QED) is 0.317. The number of ether oxygens (including phenoxy) is 1. The average Bonchev–Trinajstić information content (AvgIpc) is 2.84. The van der Waals surface area contributed by atoms with Crippen molar-refractivity contribution in [2.75, 3.05) is 10.6 Å². The number of carbonyl (C=O) groups is 2. The first-order valence-electron chi connectivity index (χ1n) is 11.4. The molecule has 0 fully saturated rings. The van der Waals surface area contributed by atoms with Crippen LogP contribution < -0.4 is 15.4 Å². The summed E-state index contributed by atoms with van der Waals surface area (Å²) in [6.07, 6.45) is 0. The van der Waals surface area contributed by atoms with E-state index in [0.717, 1.165) is 33.6 Å². The SMILES string of the molecule is Cc1ccc(C)c(NC(=O)c2ccc(Oc3ccc(C(=O)Nc4cc(C)ccc4C)cc3)cc2)c1. The molecule has 0 saturated carbocycles. The number of hydrogen-bond donors (Lipinski definition) is 2. The van der Waals surface area contributed by atoms with Crippen molar-refractivity contribution in [1.82, 2.24) is 0 Å². The number of anilines is 2. The first-order valence-corrected chi connectivity index (χ1v) is 11.4. The lowest BCUT2D eigenvalue weighted by Gasteiger charge is -2.11. The molecule has 176 valence electrons. The maximum Gasteiger partial charge on any atom is 0.255 e. The Balaban J connectivity index is 1.38. The zero-order valence-corrected chi connectivity index (χ0v) is 20.3. The minimum Gasteiger partial charge on any atom is -0.457 e. The predicted molar refractivity (Wildman–Crippen MR) is 141 cm³/mol. The van der Waals surface area contributed by atoms with Crippen LogP contribution >= 0.6 is 0 Å². The molecule has 0 aliphatic carbocycles. The van der Waals surface area contributed by atoms with Crippen LogP contribution in [-0.2, 0) is 0 Å². The number of hydrogen-bond acceptors (Lipinski definition) is 3. The predicted octanol–water partition coefficient (Wildman–Crippen LogP) is 7.22. The molecule has 0 saturated heterocycles. The molecule has 0 atom stereocenters. The molecule has 0 bridgehead atoms. The van der Waals surface area contributed by atoms with Crippen molar-refractivity contribution < 1.29 is 14.3 Å². The third kappa shape index (κ3) is 5.95. The number of carbonyl (C=O) groups excluding carboxylic acids is 2. The Labute approximate surface area is 205 Å². The molecule has 35 heavy (non-hydrogen) atoms. The highest BCUT2D eigenvalue weighted by Crippen LogP contribution is 2.24. The van der Waals surface area contributed by atoms with Crippen LogP contribution in [0.3, 0.4) is 0 Å². The van der Waals surface area contributed by atoms with Gasteiger partial charge in [-0.25, -0.2) is 0 Å². The molecule has 4 rings (SSSR count). The highest BCUT2D eigenvalue weighted by molar-refractivity contribution is 6.05. The fourth-order valence-electron chi connectivity index (χ4n) is 3.61. The van der Waals surface area contributed by atoms with Crippen LogP contribution in [0.4, 0.5) is 11.4 Å². The van der Waals surface area contributed by atoms with Crippen molar-refractivity contribution in [3.63, 3.8) is 0 Å². The lowest BCUT2D eigenvalue weighted by atomic mass is 10.1. The molecule has 5 heteroatoms. The number of nitrogens with one attached hydrogen (secondary N) is 2. The Hall–Kier alpha value is -4.38. The van der Waals surface area contributed by atoms with E-state index in [2.05, 4.69) is 10.6 Å². The van der Waals surface area contributed by atoms with Gasteiger partial charge in [-0.15, -0.1) is 0 Å². The van der Waals surface area contributed by atoms with Gasteiger partial charge in [-0.2, -0.15) is 0 Å². The Bertz CT molecular complexity index is 1270. The van der Waals surface area contributed by atoms with Crippen LogP contribution in [0.15, 0.2) is 84.9 Å². The third-order valence-electron chi connectivity index (χ3n) is 5.75. The van der Waals surface area contributed by atoms with Gasteiger partial charge < -0.3 is 15.4 Å². The Morgan fingerprint density at radius 1 is 0.543 bits per heavy atom. The van der Waals surface area contributed by atoms with Crippen LogP contribution in [0, 0.1) is 27.7 Å². The van der Waals surface area contributed by atoms with E-state index >= 15 is 0 Å². The van der Waals surface area contributed by atoms with Crippen molar-refractivity contribution in [1.29, 1.82) is 0 Å². The molecule has 0 spiro atoms. The van der Waals surface area contributed by atoms with Gasteiger partial charge in [-0.1, -0.05) is 24.3 Å². The van der Waals surface area contributed by atoms with Crippen LogP contribution in [-0.4, -0.2) is 11.8 Å². The van der Waals surface area contributed by atoms with Crippen molar-refractivity contribution in [3.8, 4) is 11.5 Å². The summed E-state index contributed by atoms with van der Waals surface area (Å²) < 4.78 is 5.89. The number of rotatable bonds is 6. The standard InChI is InChI=1S/C30H28N2O3/c1-19-5-7-21(3)27(17-19)31-29(33)23-9-13-25(14-10-23)35-26-15-11-24(12-16-26)30(34)32-28-18-20(2)6-8-22(28)4/h5-18H,1-4H3,(H,31,33)(H,32,34). The topological polar surface area (TPSA) is 67.4 Å². The maximum atomic E-state index is 12.6. The van der Waals surface area contributed by atoms with E-state index < -0.39 is 0 Å². The molecule has 0 heterocycles. The normalized spacial score (nSPS) is 10.5. The molecule has 0 aliphatic rings. The zero-order chi connectivity index (χ0) is 24.9.